The van der Waals surface area contributed by atoms with Gasteiger partial charge < -0.3 is 0 Å². The average molecular weight is 335 g/mol. The molecule has 0 aliphatic carbocycles. The summed E-state index contributed by atoms with van der Waals surface area (Å²) in [6.07, 6.45) is 5.00. The molecule has 0 saturated heterocycles. The number of fused-ring (bicyclic) bond motifs is 1. The highest BCUT2D eigenvalue weighted by Gasteiger charge is 2.15. The quantitative estimate of drug-likeness (QED) is 0.724. The van der Waals surface area contributed by atoms with Gasteiger partial charge in [-0.05, 0) is 0 Å². The molecule has 0 amide bonds. The predicted molar refractivity (Wildman–Crippen MR) is 85.7 cm³/mol. The molecular weight excluding hydrogens is 326 g/mol. The summed E-state index contributed by atoms with van der Waals surface area (Å²) >= 11 is 4.94. The SMILES string of the molecule is c1cnc(-c2nn3c(CSC4=NCCS4)nnc3s2)cn1. The van der Waals surface area contributed by atoms with Gasteiger partial charge in [0.1, 0.15) is 10.1 Å². The molecule has 0 atom stereocenters. The molecule has 4 heterocycles. The monoisotopic (exact) mass is 335 g/mol. The Bertz CT molecular complexity index is 795. The number of hydrogen-bond acceptors (Lipinski definition) is 9. The van der Waals surface area contributed by atoms with Crippen LogP contribution in [0.3, 0.4) is 0 Å². The minimum atomic E-state index is 0.719. The van der Waals surface area contributed by atoms with E-state index in [0.717, 1.165) is 43.9 Å². The van der Waals surface area contributed by atoms with Crippen LogP contribution in [-0.2, 0) is 5.75 Å². The van der Waals surface area contributed by atoms with E-state index in [4.69, 9.17) is 0 Å². The number of aromatic nitrogens is 6. The van der Waals surface area contributed by atoms with Crippen LogP contribution < -0.4 is 0 Å². The summed E-state index contributed by atoms with van der Waals surface area (Å²) in [4.78, 5) is 13.5. The van der Waals surface area contributed by atoms with Crippen LogP contribution in [0, 0.1) is 0 Å². The Balaban J connectivity index is 1.60. The summed E-state index contributed by atoms with van der Waals surface area (Å²) in [5.41, 5.74) is 0.752. The first-order chi connectivity index (χ1) is 10.4. The van der Waals surface area contributed by atoms with Crippen molar-refractivity contribution in [2.45, 2.75) is 5.75 Å². The first-order valence-electron chi connectivity index (χ1n) is 6.18. The van der Waals surface area contributed by atoms with Crippen molar-refractivity contribution < 1.29 is 0 Å². The fraction of sp³-hybridized carbons (Fsp3) is 0.273. The number of hydrogen-bond donors (Lipinski definition) is 0. The Labute approximate surface area is 132 Å². The molecule has 0 bridgehead atoms. The van der Waals surface area contributed by atoms with Gasteiger partial charge in [-0.15, -0.1) is 10.2 Å². The van der Waals surface area contributed by atoms with Gasteiger partial charge in [-0.1, -0.05) is 34.9 Å². The van der Waals surface area contributed by atoms with Crippen LogP contribution in [0.2, 0.25) is 0 Å². The van der Waals surface area contributed by atoms with Gasteiger partial charge in [0.2, 0.25) is 4.96 Å². The van der Waals surface area contributed by atoms with Crippen molar-refractivity contribution in [2.75, 3.05) is 12.3 Å². The third-order valence-electron chi connectivity index (χ3n) is 2.72. The van der Waals surface area contributed by atoms with Crippen LogP contribution in [0.15, 0.2) is 23.6 Å². The minimum Gasteiger partial charge on any atom is -0.271 e. The van der Waals surface area contributed by atoms with Gasteiger partial charge in [0.15, 0.2) is 10.8 Å². The van der Waals surface area contributed by atoms with E-state index in [2.05, 4.69) is 30.3 Å². The molecule has 0 N–H and O–H groups in total. The fourth-order valence-electron chi connectivity index (χ4n) is 1.79. The highest BCUT2D eigenvalue weighted by molar-refractivity contribution is 8.38. The minimum absolute atomic E-state index is 0.719. The summed E-state index contributed by atoms with van der Waals surface area (Å²) in [6, 6.07) is 0. The normalized spacial score (nSPS) is 14.8. The Morgan fingerprint density at radius 1 is 1.29 bits per heavy atom. The molecule has 0 saturated carbocycles. The molecule has 10 heteroatoms. The van der Waals surface area contributed by atoms with E-state index in [1.165, 1.54) is 11.3 Å². The van der Waals surface area contributed by atoms with E-state index in [-0.39, 0.29) is 0 Å². The van der Waals surface area contributed by atoms with Crippen LogP contribution in [0.1, 0.15) is 5.82 Å². The lowest BCUT2D eigenvalue weighted by atomic mass is 10.5. The van der Waals surface area contributed by atoms with Crippen molar-refractivity contribution in [2.24, 2.45) is 4.99 Å². The Morgan fingerprint density at radius 2 is 2.29 bits per heavy atom. The molecule has 0 aromatic carbocycles. The van der Waals surface area contributed by atoms with E-state index in [1.54, 1.807) is 46.6 Å². The van der Waals surface area contributed by atoms with Gasteiger partial charge in [0.25, 0.3) is 0 Å². The van der Waals surface area contributed by atoms with E-state index in [0.29, 0.717) is 0 Å². The highest BCUT2D eigenvalue weighted by Crippen LogP contribution is 2.27. The number of aliphatic imine (C=N–C) groups is 1. The second-order valence-electron chi connectivity index (χ2n) is 4.09. The molecule has 0 spiro atoms. The third-order valence-corrected chi connectivity index (χ3v) is 5.89. The van der Waals surface area contributed by atoms with E-state index < -0.39 is 0 Å². The lowest BCUT2D eigenvalue weighted by molar-refractivity contribution is 0.886. The molecule has 3 aromatic rings. The van der Waals surface area contributed by atoms with E-state index >= 15 is 0 Å². The van der Waals surface area contributed by atoms with Crippen molar-refractivity contribution in [3.8, 4) is 10.7 Å². The van der Waals surface area contributed by atoms with Crippen LogP contribution in [0.4, 0.5) is 0 Å². The van der Waals surface area contributed by atoms with Gasteiger partial charge in [-0.3, -0.25) is 15.0 Å². The maximum atomic E-state index is 4.54. The van der Waals surface area contributed by atoms with Gasteiger partial charge in [-0.2, -0.15) is 9.61 Å². The second kappa shape index (κ2) is 5.70. The smallest absolute Gasteiger partial charge is 0.235 e. The largest absolute Gasteiger partial charge is 0.271 e. The molecule has 0 fully saturated rings. The summed E-state index contributed by atoms with van der Waals surface area (Å²) in [6.45, 7) is 0.912. The average Bonchev–Trinajstić information content (AvgIpc) is 3.23. The van der Waals surface area contributed by atoms with E-state index in [1.807, 2.05) is 0 Å². The maximum absolute atomic E-state index is 4.54. The molecule has 4 rings (SSSR count). The maximum Gasteiger partial charge on any atom is 0.235 e. The van der Waals surface area contributed by atoms with Crippen LogP contribution in [-0.4, -0.2) is 46.5 Å². The molecule has 0 radical (unpaired) electrons. The van der Waals surface area contributed by atoms with Crippen molar-refractivity contribution in [3.63, 3.8) is 0 Å². The summed E-state index contributed by atoms with van der Waals surface area (Å²) in [7, 11) is 0. The number of nitrogens with zero attached hydrogens (tertiary/aromatic N) is 7. The number of thioether (sulfide) groups is 2. The summed E-state index contributed by atoms with van der Waals surface area (Å²) in [5, 5.41) is 13.7. The molecule has 1 aliphatic rings. The molecule has 1 aliphatic heterocycles. The van der Waals surface area contributed by atoms with Crippen molar-refractivity contribution in [3.05, 3.63) is 24.4 Å². The van der Waals surface area contributed by atoms with Crippen molar-refractivity contribution >= 4 is 44.2 Å². The molecule has 0 unspecified atom stereocenters. The van der Waals surface area contributed by atoms with Crippen LogP contribution in [0.25, 0.3) is 15.7 Å². The summed E-state index contributed by atoms with van der Waals surface area (Å²) in [5.74, 6) is 2.62. The zero-order valence-corrected chi connectivity index (χ0v) is 13.2. The second-order valence-corrected chi connectivity index (χ2v) is 7.36. The fourth-order valence-corrected chi connectivity index (χ4v) is 4.52. The first-order valence-corrected chi connectivity index (χ1v) is 8.96. The van der Waals surface area contributed by atoms with Gasteiger partial charge >= 0.3 is 0 Å². The Morgan fingerprint density at radius 3 is 3.10 bits per heavy atom. The topological polar surface area (TPSA) is 81.2 Å². The van der Waals surface area contributed by atoms with Gasteiger partial charge in [0, 0.05) is 18.1 Å². The zero-order chi connectivity index (χ0) is 14.1. The van der Waals surface area contributed by atoms with Crippen LogP contribution in [0.5, 0.6) is 0 Å². The van der Waals surface area contributed by atoms with Gasteiger partial charge in [0.05, 0.1) is 18.5 Å². The highest BCUT2D eigenvalue weighted by atomic mass is 32.2. The third kappa shape index (κ3) is 2.65. The van der Waals surface area contributed by atoms with Crippen molar-refractivity contribution in [1.29, 1.82) is 0 Å². The number of rotatable bonds is 3. The summed E-state index contributed by atoms with van der Waals surface area (Å²) < 4.78 is 2.90. The molecule has 21 heavy (non-hydrogen) atoms. The van der Waals surface area contributed by atoms with Gasteiger partial charge in [-0.25, -0.2) is 0 Å². The van der Waals surface area contributed by atoms with Crippen molar-refractivity contribution in [1.82, 2.24) is 29.8 Å². The van der Waals surface area contributed by atoms with E-state index in [9.17, 15) is 0 Å². The Hall–Kier alpha value is -1.52. The molecule has 3 aromatic heterocycles. The standard InChI is InChI=1S/C11H9N7S3/c1-2-13-7(5-12-1)9-17-18-8(15-16-10(18)21-9)6-20-11-14-3-4-19-11/h1-2,5H,3-4,6H2. The first kappa shape index (κ1) is 13.2. The predicted octanol–water partition coefficient (Wildman–Crippen LogP) is 1.98. The molecular formula is C11H9N7S3. The molecule has 7 nitrogen and oxygen atoms in total. The molecule has 106 valence electrons. The lowest BCUT2D eigenvalue weighted by Gasteiger charge is -1.97. The zero-order valence-electron chi connectivity index (χ0n) is 10.7. The Kier molecular flexibility index (Phi) is 3.57. The lowest BCUT2D eigenvalue weighted by Crippen LogP contribution is -1.96. The van der Waals surface area contributed by atoms with Crippen LogP contribution >= 0.6 is 34.9 Å².